The summed E-state index contributed by atoms with van der Waals surface area (Å²) in [6.45, 7) is 16.3. The van der Waals surface area contributed by atoms with Crippen LogP contribution < -0.4 is 0 Å². The second-order valence-corrected chi connectivity index (χ2v) is 4.02. The van der Waals surface area contributed by atoms with Crippen LogP contribution in [-0.2, 0) is 0 Å². The van der Waals surface area contributed by atoms with Crippen molar-refractivity contribution < 1.29 is 0 Å². The minimum Gasteiger partial charge on any atom is -0.0991 e. The summed E-state index contributed by atoms with van der Waals surface area (Å²) in [5.74, 6) is 0. The molecule has 0 rings (SSSR count). The standard InChI is InChI=1S/C16H24/c1-7-10-14(6)16(13(4)5)15(11-8-2)12-9-3/h7-8,10-11H,2,4,9,12H2,1,3,5-6H3/b10-7+,15-11+,16-14+. The Balaban J connectivity index is 5.48. The van der Waals surface area contributed by atoms with Crippen LogP contribution in [0.1, 0.15) is 40.5 Å². The van der Waals surface area contributed by atoms with Gasteiger partial charge in [-0.05, 0) is 43.9 Å². The molecule has 0 aromatic rings. The molecule has 0 nitrogen and oxygen atoms in total. The summed E-state index contributed by atoms with van der Waals surface area (Å²) in [5, 5.41) is 0. The van der Waals surface area contributed by atoms with Crippen LogP contribution in [0.2, 0.25) is 0 Å². The number of rotatable bonds is 6. The molecule has 0 aromatic carbocycles. The highest BCUT2D eigenvalue weighted by Gasteiger charge is 2.07. The first-order valence-electron chi connectivity index (χ1n) is 5.89. The molecule has 0 aliphatic carbocycles. The number of allylic oxidation sites excluding steroid dienone is 8. The molecule has 0 saturated carbocycles. The third-order valence-corrected chi connectivity index (χ3v) is 2.40. The van der Waals surface area contributed by atoms with Crippen LogP contribution in [0.3, 0.4) is 0 Å². The Bertz CT molecular complexity index is 335. The van der Waals surface area contributed by atoms with Gasteiger partial charge in [0, 0.05) is 0 Å². The minimum absolute atomic E-state index is 1.07. The first kappa shape index (κ1) is 14.7. The van der Waals surface area contributed by atoms with Gasteiger partial charge in [0.2, 0.25) is 0 Å². The normalized spacial score (nSPS) is 13.9. The van der Waals surface area contributed by atoms with Gasteiger partial charge in [0.1, 0.15) is 0 Å². The number of hydrogen-bond donors (Lipinski definition) is 0. The van der Waals surface area contributed by atoms with E-state index in [9.17, 15) is 0 Å². The molecule has 16 heavy (non-hydrogen) atoms. The fourth-order valence-corrected chi connectivity index (χ4v) is 1.90. The van der Waals surface area contributed by atoms with Crippen LogP contribution in [0.5, 0.6) is 0 Å². The summed E-state index contributed by atoms with van der Waals surface area (Å²) in [6, 6.07) is 0. The fraction of sp³-hybridized carbons (Fsp3) is 0.375. The van der Waals surface area contributed by atoms with Gasteiger partial charge in [0.15, 0.2) is 0 Å². The molecular weight excluding hydrogens is 192 g/mol. The monoisotopic (exact) mass is 216 g/mol. The smallest absolute Gasteiger partial charge is 0.0172 e. The van der Waals surface area contributed by atoms with Crippen LogP contribution in [-0.4, -0.2) is 0 Å². The second kappa shape index (κ2) is 7.92. The molecule has 0 heteroatoms. The van der Waals surface area contributed by atoms with Gasteiger partial charge in [-0.1, -0.05) is 56.4 Å². The van der Waals surface area contributed by atoms with E-state index in [1.54, 1.807) is 0 Å². The molecule has 0 fully saturated rings. The van der Waals surface area contributed by atoms with E-state index in [0.717, 1.165) is 18.4 Å². The van der Waals surface area contributed by atoms with Crippen molar-refractivity contribution in [1.29, 1.82) is 0 Å². The molecule has 0 N–H and O–H groups in total. The van der Waals surface area contributed by atoms with Gasteiger partial charge >= 0.3 is 0 Å². The Morgan fingerprint density at radius 2 is 1.88 bits per heavy atom. The summed E-state index contributed by atoms with van der Waals surface area (Å²) in [5.41, 5.74) is 5.01. The van der Waals surface area contributed by atoms with E-state index in [2.05, 4.69) is 52.2 Å². The minimum atomic E-state index is 1.07. The van der Waals surface area contributed by atoms with E-state index < -0.39 is 0 Å². The summed E-state index contributed by atoms with van der Waals surface area (Å²) in [6.07, 6.45) is 10.4. The van der Waals surface area contributed by atoms with Gasteiger partial charge in [-0.2, -0.15) is 0 Å². The lowest BCUT2D eigenvalue weighted by molar-refractivity contribution is 0.911. The van der Waals surface area contributed by atoms with Crippen LogP contribution >= 0.6 is 0 Å². The van der Waals surface area contributed by atoms with E-state index in [-0.39, 0.29) is 0 Å². The van der Waals surface area contributed by atoms with Crippen molar-refractivity contribution in [2.24, 2.45) is 0 Å². The predicted octanol–water partition coefficient (Wildman–Crippen LogP) is 5.37. The predicted molar refractivity (Wildman–Crippen MR) is 75.5 cm³/mol. The van der Waals surface area contributed by atoms with E-state index in [1.807, 2.05) is 13.0 Å². The molecule has 0 aliphatic rings. The molecule has 0 aliphatic heterocycles. The quantitative estimate of drug-likeness (QED) is 0.524. The molecule has 0 amide bonds. The lowest BCUT2D eigenvalue weighted by atomic mass is 9.91. The summed E-state index contributed by atoms with van der Waals surface area (Å²) in [4.78, 5) is 0. The van der Waals surface area contributed by atoms with Crippen LogP contribution in [0.4, 0.5) is 0 Å². The van der Waals surface area contributed by atoms with Crippen molar-refractivity contribution in [3.05, 3.63) is 59.8 Å². The molecular formula is C16H24. The zero-order valence-electron chi connectivity index (χ0n) is 11.1. The van der Waals surface area contributed by atoms with Crippen molar-refractivity contribution in [3.8, 4) is 0 Å². The Labute approximate surface area is 101 Å². The van der Waals surface area contributed by atoms with Crippen LogP contribution in [0.25, 0.3) is 0 Å². The van der Waals surface area contributed by atoms with E-state index in [0.29, 0.717) is 0 Å². The molecule has 0 atom stereocenters. The van der Waals surface area contributed by atoms with E-state index in [1.165, 1.54) is 16.7 Å². The van der Waals surface area contributed by atoms with Gasteiger partial charge in [-0.3, -0.25) is 0 Å². The maximum atomic E-state index is 4.08. The second-order valence-electron chi connectivity index (χ2n) is 4.02. The fourth-order valence-electron chi connectivity index (χ4n) is 1.90. The maximum Gasteiger partial charge on any atom is -0.0172 e. The molecule has 88 valence electrons. The van der Waals surface area contributed by atoms with Gasteiger partial charge in [0.05, 0.1) is 0 Å². The van der Waals surface area contributed by atoms with Gasteiger partial charge in [-0.15, -0.1) is 0 Å². The van der Waals surface area contributed by atoms with Crippen LogP contribution in [0.15, 0.2) is 59.8 Å². The highest BCUT2D eigenvalue weighted by atomic mass is 14.1. The van der Waals surface area contributed by atoms with Crippen molar-refractivity contribution in [1.82, 2.24) is 0 Å². The highest BCUT2D eigenvalue weighted by Crippen LogP contribution is 2.26. The lowest BCUT2D eigenvalue weighted by Gasteiger charge is -2.14. The maximum absolute atomic E-state index is 4.08. The first-order chi connectivity index (χ1) is 7.58. The summed E-state index contributed by atoms with van der Waals surface area (Å²) >= 11 is 0. The van der Waals surface area contributed by atoms with E-state index in [4.69, 9.17) is 0 Å². The Morgan fingerprint density at radius 1 is 1.25 bits per heavy atom. The van der Waals surface area contributed by atoms with Crippen molar-refractivity contribution >= 4 is 0 Å². The molecule has 0 bridgehead atoms. The van der Waals surface area contributed by atoms with Crippen molar-refractivity contribution in [3.63, 3.8) is 0 Å². The average molecular weight is 216 g/mol. The summed E-state index contributed by atoms with van der Waals surface area (Å²) in [7, 11) is 0. The lowest BCUT2D eigenvalue weighted by Crippen LogP contribution is -1.94. The SMILES string of the molecule is C=C/C=C(CCC)/C(C(=C)C)=C(C)/C=C/C. The molecule has 0 aromatic heterocycles. The van der Waals surface area contributed by atoms with Crippen molar-refractivity contribution in [2.45, 2.75) is 40.5 Å². The third-order valence-electron chi connectivity index (χ3n) is 2.40. The molecule has 0 spiro atoms. The highest BCUT2D eigenvalue weighted by molar-refractivity contribution is 5.51. The van der Waals surface area contributed by atoms with Gasteiger partial charge in [-0.25, -0.2) is 0 Å². The third kappa shape index (κ3) is 4.48. The Morgan fingerprint density at radius 3 is 2.25 bits per heavy atom. The topological polar surface area (TPSA) is 0 Å². The first-order valence-corrected chi connectivity index (χ1v) is 5.89. The van der Waals surface area contributed by atoms with E-state index >= 15 is 0 Å². The molecule has 0 radical (unpaired) electrons. The number of hydrogen-bond acceptors (Lipinski definition) is 0. The molecule has 0 saturated heterocycles. The van der Waals surface area contributed by atoms with Gasteiger partial charge in [0.25, 0.3) is 0 Å². The Kier molecular flexibility index (Phi) is 7.28. The average Bonchev–Trinajstić information content (AvgIpc) is 2.18. The largest absolute Gasteiger partial charge is 0.0991 e. The zero-order chi connectivity index (χ0) is 12.6. The van der Waals surface area contributed by atoms with Gasteiger partial charge < -0.3 is 0 Å². The molecule has 0 unspecified atom stereocenters. The van der Waals surface area contributed by atoms with Crippen LogP contribution in [0, 0.1) is 0 Å². The zero-order valence-corrected chi connectivity index (χ0v) is 11.1. The summed E-state index contributed by atoms with van der Waals surface area (Å²) < 4.78 is 0. The molecule has 0 heterocycles. The Hall–Kier alpha value is -1.30. The van der Waals surface area contributed by atoms with Crippen molar-refractivity contribution in [2.75, 3.05) is 0 Å².